The molecule has 4 nitrogen and oxygen atoms in total. The molecular formula is C15H19Cl2N3O. The highest BCUT2D eigenvalue weighted by molar-refractivity contribution is 6.42. The zero-order chi connectivity index (χ0) is 15.7. The van der Waals surface area contributed by atoms with Gasteiger partial charge in [0.1, 0.15) is 5.69 Å². The standard InChI is InChI=1S/C15H19Cl2N3O/c1-4-7-19-14(9(2)3)13(18)15(21)20(19)10-5-6-11(16)12(17)8-10/h5-6,8-9H,4,7,18H2,1-3H3. The lowest BCUT2D eigenvalue weighted by atomic mass is 10.1. The monoisotopic (exact) mass is 327 g/mol. The Kier molecular flexibility index (Phi) is 4.69. The van der Waals surface area contributed by atoms with Crippen LogP contribution in [-0.2, 0) is 6.54 Å². The van der Waals surface area contributed by atoms with Crippen molar-refractivity contribution in [2.45, 2.75) is 39.7 Å². The van der Waals surface area contributed by atoms with Crippen molar-refractivity contribution in [3.8, 4) is 5.69 Å². The van der Waals surface area contributed by atoms with Gasteiger partial charge >= 0.3 is 0 Å². The van der Waals surface area contributed by atoms with Crippen LogP contribution in [0.15, 0.2) is 23.0 Å². The van der Waals surface area contributed by atoms with E-state index in [-0.39, 0.29) is 11.5 Å². The number of rotatable bonds is 4. The first kappa shape index (κ1) is 16.0. The highest BCUT2D eigenvalue weighted by Gasteiger charge is 2.20. The maximum Gasteiger partial charge on any atom is 0.294 e. The molecule has 0 radical (unpaired) electrons. The van der Waals surface area contributed by atoms with Crippen LogP contribution in [0, 0.1) is 0 Å². The van der Waals surface area contributed by atoms with Gasteiger partial charge in [-0.15, -0.1) is 0 Å². The highest BCUT2D eigenvalue weighted by Crippen LogP contribution is 2.26. The first-order chi connectivity index (χ1) is 9.88. The van der Waals surface area contributed by atoms with Crippen LogP contribution in [-0.4, -0.2) is 9.36 Å². The number of halogens is 2. The maximum atomic E-state index is 12.5. The van der Waals surface area contributed by atoms with Gasteiger partial charge in [0.05, 0.1) is 21.4 Å². The Labute approximate surface area is 134 Å². The summed E-state index contributed by atoms with van der Waals surface area (Å²) in [5.74, 6) is 0.160. The minimum Gasteiger partial charge on any atom is -0.393 e. The van der Waals surface area contributed by atoms with Crippen LogP contribution in [0.2, 0.25) is 10.0 Å². The van der Waals surface area contributed by atoms with E-state index in [1.54, 1.807) is 22.9 Å². The van der Waals surface area contributed by atoms with E-state index in [9.17, 15) is 4.79 Å². The van der Waals surface area contributed by atoms with Gasteiger partial charge in [-0.3, -0.25) is 9.48 Å². The summed E-state index contributed by atoms with van der Waals surface area (Å²) in [6.07, 6.45) is 0.897. The molecular weight excluding hydrogens is 309 g/mol. The molecule has 0 fully saturated rings. The maximum absolute atomic E-state index is 12.5. The van der Waals surface area contributed by atoms with E-state index in [1.807, 2.05) is 18.5 Å². The average Bonchev–Trinajstić information content (AvgIpc) is 2.66. The number of nitrogens with two attached hydrogens (primary N) is 1. The number of hydrogen-bond donors (Lipinski definition) is 1. The van der Waals surface area contributed by atoms with Gasteiger partial charge in [-0.25, -0.2) is 4.68 Å². The fraction of sp³-hybridized carbons (Fsp3) is 0.400. The van der Waals surface area contributed by atoms with Crippen LogP contribution >= 0.6 is 23.2 Å². The van der Waals surface area contributed by atoms with Crippen LogP contribution in [0.4, 0.5) is 5.69 Å². The van der Waals surface area contributed by atoms with E-state index in [0.717, 1.165) is 12.1 Å². The first-order valence-electron chi connectivity index (χ1n) is 6.95. The molecule has 1 heterocycles. The Morgan fingerprint density at radius 1 is 1.24 bits per heavy atom. The summed E-state index contributed by atoms with van der Waals surface area (Å²) in [7, 11) is 0. The molecule has 21 heavy (non-hydrogen) atoms. The van der Waals surface area contributed by atoms with Crippen molar-refractivity contribution >= 4 is 28.9 Å². The van der Waals surface area contributed by atoms with Gasteiger partial charge in [0.25, 0.3) is 5.56 Å². The molecule has 2 aromatic rings. The molecule has 1 aromatic heterocycles. The molecule has 0 aliphatic carbocycles. The number of nitrogens with zero attached hydrogens (tertiary/aromatic N) is 2. The molecule has 114 valence electrons. The molecule has 0 atom stereocenters. The van der Waals surface area contributed by atoms with Crippen LogP contribution in [0.3, 0.4) is 0 Å². The summed E-state index contributed by atoms with van der Waals surface area (Å²) >= 11 is 12.0. The molecule has 0 unspecified atom stereocenters. The largest absolute Gasteiger partial charge is 0.393 e. The summed E-state index contributed by atoms with van der Waals surface area (Å²) in [5, 5.41) is 0.870. The van der Waals surface area contributed by atoms with E-state index in [0.29, 0.717) is 28.0 Å². The van der Waals surface area contributed by atoms with Crippen LogP contribution in [0.25, 0.3) is 5.69 Å². The quantitative estimate of drug-likeness (QED) is 0.920. The predicted octanol–water partition coefficient (Wildman–Crippen LogP) is 4.06. The smallest absolute Gasteiger partial charge is 0.294 e. The van der Waals surface area contributed by atoms with Crippen LogP contribution < -0.4 is 11.3 Å². The third kappa shape index (κ3) is 2.83. The number of benzene rings is 1. The minimum absolute atomic E-state index is 0.160. The molecule has 2 rings (SSSR count). The van der Waals surface area contributed by atoms with Crippen molar-refractivity contribution < 1.29 is 0 Å². The molecule has 0 aliphatic rings. The lowest BCUT2D eigenvalue weighted by Crippen LogP contribution is -2.22. The summed E-state index contributed by atoms with van der Waals surface area (Å²) in [6.45, 7) is 6.82. The summed E-state index contributed by atoms with van der Waals surface area (Å²) < 4.78 is 3.51. The molecule has 6 heteroatoms. The van der Waals surface area contributed by atoms with E-state index < -0.39 is 0 Å². The van der Waals surface area contributed by atoms with Crippen molar-refractivity contribution in [2.75, 3.05) is 5.73 Å². The average molecular weight is 328 g/mol. The van der Waals surface area contributed by atoms with Crippen LogP contribution in [0.1, 0.15) is 38.8 Å². The predicted molar refractivity (Wildman–Crippen MR) is 88.8 cm³/mol. The van der Waals surface area contributed by atoms with Gasteiger partial charge in [0, 0.05) is 6.54 Å². The number of nitrogen functional groups attached to an aromatic ring is 1. The summed E-state index contributed by atoms with van der Waals surface area (Å²) in [6, 6.07) is 5.13. The van der Waals surface area contributed by atoms with E-state index in [2.05, 4.69) is 6.92 Å². The molecule has 0 bridgehead atoms. The van der Waals surface area contributed by atoms with Crippen molar-refractivity contribution in [3.63, 3.8) is 0 Å². The van der Waals surface area contributed by atoms with Crippen molar-refractivity contribution in [1.82, 2.24) is 9.36 Å². The second kappa shape index (κ2) is 6.16. The van der Waals surface area contributed by atoms with Crippen LogP contribution in [0.5, 0.6) is 0 Å². The second-order valence-corrected chi connectivity index (χ2v) is 6.11. The summed E-state index contributed by atoms with van der Waals surface area (Å²) in [5.41, 5.74) is 7.63. The number of anilines is 1. The van der Waals surface area contributed by atoms with Crippen molar-refractivity contribution in [1.29, 1.82) is 0 Å². The Morgan fingerprint density at radius 2 is 1.90 bits per heavy atom. The van der Waals surface area contributed by atoms with Crippen molar-refractivity contribution in [3.05, 3.63) is 44.3 Å². The summed E-state index contributed by atoms with van der Waals surface area (Å²) in [4.78, 5) is 12.5. The zero-order valence-corrected chi connectivity index (χ0v) is 13.9. The number of hydrogen-bond acceptors (Lipinski definition) is 2. The van der Waals surface area contributed by atoms with Gasteiger partial charge in [-0.05, 0) is 30.5 Å². The molecule has 0 saturated carbocycles. The lowest BCUT2D eigenvalue weighted by molar-refractivity contribution is 0.503. The van der Waals surface area contributed by atoms with E-state index >= 15 is 0 Å². The number of aromatic nitrogens is 2. The normalized spacial score (nSPS) is 11.3. The lowest BCUT2D eigenvalue weighted by Gasteiger charge is -2.16. The molecule has 1 aromatic carbocycles. The Morgan fingerprint density at radius 3 is 2.43 bits per heavy atom. The molecule has 0 spiro atoms. The third-order valence-electron chi connectivity index (χ3n) is 3.35. The Bertz CT molecular complexity index is 716. The van der Waals surface area contributed by atoms with E-state index in [4.69, 9.17) is 28.9 Å². The first-order valence-corrected chi connectivity index (χ1v) is 7.70. The highest BCUT2D eigenvalue weighted by atomic mass is 35.5. The molecule has 0 saturated heterocycles. The Balaban J connectivity index is 2.75. The van der Waals surface area contributed by atoms with E-state index in [1.165, 1.54) is 0 Å². The van der Waals surface area contributed by atoms with Gasteiger partial charge in [0.2, 0.25) is 0 Å². The fourth-order valence-electron chi connectivity index (χ4n) is 2.49. The third-order valence-corrected chi connectivity index (χ3v) is 4.09. The molecule has 2 N–H and O–H groups in total. The van der Waals surface area contributed by atoms with Gasteiger partial charge in [-0.2, -0.15) is 0 Å². The minimum atomic E-state index is -0.217. The van der Waals surface area contributed by atoms with Gasteiger partial charge in [-0.1, -0.05) is 44.0 Å². The fourth-order valence-corrected chi connectivity index (χ4v) is 2.79. The topological polar surface area (TPSA) is 52.9 Å². The van der Waals surface area contributed by atoms with Gasteiger partial charge in [0.15, 0.2) is 0 Å². The van der Waals surface area contributed by atoms with Crippen molar-refractivity contribution in [2.24, 2.45) is 0 Å². The molecule has 0 aliphatic heterocycles. The van der Waals surface area contributed by atoms with Gasteiger partial charge < -0.3 is 5.73 Å². The SMILES string of the molecule is CCCn1c(C(C)C)c(N)c(=O)n1-c1ccc(Cl)c(Cl)c1. The Hall–Kier alpha value is -1.39. The second-order valence-electron chi connectivity index (χ2n) is 5.29. The molecule has 0 amide bonds. The zero-order valence-electron chi connectivity index (χ0n) is 12.4.